The van der Waals surface area contributed by atoms with Crippen LogP contribution in [0.25, 0.3) is 0 Å². The number of carbonyl (C=O) groups is 3. The number of urea groups is 1. The van der Waals surface area contributed by atoms with Crippen molar-refractivity contribution in [3.05, 3.63) is 56.3 Å². The van der Waals surface area contributed by atoms with Crippen LogP contribution < -0.4 is 11.1 Å². The van der Waals surface area contributed by atoms with Crippen molar-refractivity contribution >= 4 is 47.0 Å². The van der Waals surface area contributed by atoms with Gasteiger partial charge in [-0.2, -0.15) is 0 Å². The molecule has 1 aromatic rings. The van der Waals surface area contributed by atoms with Crippen LogP contribution in [0, 0.1) is 0 Å². The van der Waals surface area contributed by atoms with Crippen LogP contribution in [0.15, 0.2) is 56.2 Å². The Hall–Kier alpha value is -3.32. The highest BCUT2D eigenvalue weighted by atomic mass is 35.5. The lowest BCUT2D eigenvalue weighted by atomic mass is 9.79. The number of carbonyl (C=O) groups excluding carboxylic acids is 3. The molecule has 1 aromatic carbocycles. The van der Waals surface area contributed by atoms with Gasteiger partial charge in [0.15, 0.2) is 6.10 Å². The number of halogens is 2. The van der Waals surface area contributed by atoms with Crippen LogP contribution in [0.5, 0.6) is 0 Å². The molecule has 2 aliphatic heterocycles. The number of amidine groups is 1. The maximum Gasteiger partial charge on any atom is 0.469 e. The number of esters is 2. The molecule has 3 unspecified atom stereocenters. The zero-order valence-corrected chi connectivity index (χ0v) is 21.7. The van der Waals surface area contributed by atoms with E-state index >= 15 is 0 Å². The van der Waals surface area contributed by atoms with E-state index in [1.54, 1.807) is 32.0 Å². The number of primary amides is 1. The minimum absolute atomic E-state index is 0.0167. The molecular weight excluding hydrogens is 515 g/mol. The molecule has 0 saturated carbocycles. The van der Waals surface area contributed by atoms with Crippen LogP contribution in [0.2, 0.25) is 10.0 Å². The second-order valence-corrected chi connectivity index (χ2v) is 8.58. The van der Waals surface area contributed by atoms with E-state index in [1.807, 2.05) is 0 Å². The number of quaternary nitrogens is 1. The first kappa shape index (κ1) is 27.3. The van der Waals surface area contributed by atoms with E-state index in [0.717, 1.165) is 0 Å². The Labute approximate surface area is 216 Å². The van der Waals surface area contributed by atoms with E-state index in [1.165, 1.54) is 21.3 Å². The molecule has 36 heavy (non-hydrogen) atoms. The standard InChI is InChI=1S/C22H24Cl2N6O6/c1-6-36-21(32)15-14(11-8-7-9-12(23)16(11)24)13(20(31)35-5)10(2)26-17(15)18(34-4)19-27-29-30(3,28-19)22(25)33/h7-9,14,18H,6H2,1-5H3,(H2-,25,26,31,32,33)/p+1. The van der Waals surface area contributed by atoms with Gasteiger partial charge in [-0.25, -0.2) is 14.4 Å². The fraction of sp³-hybridized carbons (Fsp3) is 0.364. The van der Waals surface area contributed by atoms with Crippen LogP contribution in [0.1, 0.15) is 25.3 Å². The lowest BCUT2D eigenvalue weighted by Gasteiger charge is -2.33. The number of amides is 2. The Balaban J connectivity index is 2.34. The van der Waals surface area contributed by atoms with Gasteiger partial charge in [0.2, 0.25) is 5.84 Å². The second-order valence-electron chi connectivity index (χ2n) is 7.79. The summed E-state index contributed by atoms with van der Waals surface area (Å²) in [6.07, 6.45) is -1.14. The fourth-order valence-electron chi connectivity index (χ4n) is 3.85. The van der Waals surface area contributed by atoms with Crippen LogP contribution >= 0.6 is 23.2 Å². The van der Waals surface area contributed by atoms with Gasteiger partial charge in [-0.05, 0) is 30.6 Å². The van der Waals surface area contributed by atoms with Crippen molar-refractivity contribution in [2.75, 3.05) is 27.9 Å². The average molecular weight is 540 g/mol. The number of allylic oxidation sites excluding steroid dienone is 1. The summed E-state index contributed by atoms with van der Waals surface area (Å²) < 4.78 is 15.1. The van der Waals surface area contributed by atoms with Gasteiger partial charge in [-0.3, -0.25) is 0 Å². The first-order valence-electron chi connectivity index (χ1n) is 10.6. The fourth-order valence-corrected chi connectivity index (χ4v) is 4.27. The summed E-state index contributed by atoms with van der Waals surface area (Å²) in [6.45, 7) is 3.29. The van der Waals surface area contributed by atoms with Gasteiger partial charge in [0, 0.05) is 17.5 Å². The summed E-state index contributed by atoms with van der Waals surface area (Å²) in [5, 5.41) is 15.3. The van der Waals surface area contributed by atoms with Crippen molar-refractivity contribution in [3.8, 4) is 0 Å². The number of methoxy groups -OCH3 is 2. The highest BCUT2D eigenvalue weighted by Gasteiger charge is 2.46. The molecule has 0 saturated heterocycles. The topological polar surface area (TPSA) is 154 Å². The lowest BCUT2D eigenvalue weighted by molar-refractivity contribution is -0.843. The smallest absolute Gasteiger partial charge is 0.466 e. The summed E-state index contributed by atoms with van der Waals surface area (Å²) >= 11 is 12.8. The number of nitrogens with one attached hydrogen (secondary N) is 1. The molecule has 0 radical (unpaired) electrons. The third-order valence-corrected chi connectivity index (χ3v) is 6.39. The first-order valence-corrected chi connectivity index (χ1v) is 11.4. The maximum atomic E-state index is 13.4. The monoisotopic (exact) mass is 539 g/mol. The van der Waals surface area contributed by atoms with Gasteiger partial charge in [-0.15, -0.1) is 0 Å². The zero-order chi connectivity index (χ0) is 26.8. The number of hydrogen-bond donors (Lipinski definition) is 2. The number of dihydropyridines is 1. The van der Waals surface area contributed by atoms with Crippen molar-refractivity contribution in [2.24, 2.45) is 21.2 Å². The SMILES string of the molecule is CCOC(=O)C1=C(C(OC)C2=N[N+](C)(C(N)=O)N=N2)NC(C)=C(C(=O)OC)C1c1cccc(Cl)c1Cl. The molecule has 3 N–H and O–H groups in total. The van der Waals surface area contributed by atoms with Gasteiger partial charge in [0.05, 0.1) is 51.7 Å². The molecule has 0 aromatic heterocycles. The third kappa shape index (κ3) is 4.85. The van der Waals surface area contributed by atoms with Crippen LogP contribution in [0.4, 0.5) is 4.79 Å². The normalized spacial score (nSPS) is 22.2. The van der Waals surface area contributed by atoms with Crippen molar-refractivity contribution in [1.29, 1.82) is 0 Å². The predicted molar refractivity (Wildman–Crippen MR) is 130 cm³/mol. The number of hydrogen-bond acceptors (Lipinski definition) is 10. The highest BCUT2D eigenvalue weighted by Crippen LogP contribution is 2.44. The lowest BCUT2D eigenvalue weighted by Crippen LogP contribution is -2.43. The molecule has 0 aliphatic carbocycles. The highest BCUT2D eigenvalue weighted by molar-refractivity contribution is 6.42. The molecule has 2 amide bonds. The largest absolute Gasteiger partial charge is 0.469 e. The van der Waals surface area contributed by atoms with Crippen LogP contribution in [-0.4, -0.2) is 62.5 Å². The number of nitrogens with two attached hydrogens (primary N) is 1. The zero-order valence-electron chi connectivity index (χ0n) is 20.2. The molecular formula is C22H25Cl2N6O6+. The second kappa shape index (κ2) is 10.7. The molecule has 192 valence electrons. The molecule has 2 heterocycles. The Bertz CT molecular complexity index is 1240. The average Bonchev–Trinajstić information content (AvgIpc) is 3.23. The van der Waals surface area contributed by atoms with E-state index < -0.39 is 34.7 Å². The molecule has 3 atom stereocenters. The Morgan fingerprint density at radius 2 is 1.89 bits per heavy atom. The summed E-state index contributed by atoms with van der Waals surface area (Å²) in [5.41, 5.74) is 6.33. The molecule has 3 rings (SSSR count). The van der Waals surface area contributed by atoms with Crippen molar-refractivity contribution in [1.82, 2.24) is 5.32 Å². The Morgan fingerprint density at radius 1 is 1.19 bits per heavy atom. The minimum atomic E-state index is -1.14. The van der Waals surface area contributed by atoms with Gasteiger partial charge in [-0.1, -0.05) is 40.4 Å². The van der Waals surface area contributed by atoms with E-state index in [9.17, 15) is 14.4 Å². The minimum Gasteiger partial charge on any atom is -0.466 e. The third-order valence-electron chi connectivity index (χ3n) is 5.56. The van der Waals surface area contributed by atoms with Crippen LogP contribution in [0.3, 0.4) is 0 Å². The Kier molecular flexibility index (Phi) is 8.14. The van der Waals surface area contributed by atoms with Crippen molar-refractivity contribution in [2.45, 2.75) is 25.9 Å². The molecule has 0 spiro atoms. The summed E-state index contributed by atoms with van der Waals surface area (Å²) in [4.78, 5) is 38.2. The number of rotatable bonds is 7. The van der Waals surface area contributed by atoms with Gasteiger partial charge >= 0.3 is 18.0 Å². The molecule has 0 fully saturated rings. The van der Waals surface area contributed by atoms with E-state index in [-0.39, 0.29) is 39.3 Å². The van der Waals surface area contributed by atoms with Gasteiger partial charge < -0.3 is 25.3 Å². The van der Waals surface area contributed by atoms with Crippen LogP contribution in [-0.2, 0) is 23.8 Å². The molecule has 14 heteroatoms. The molecule has 2 aliphatic rings. The van der Waals surface area contributed by atoms with Gasteiger partial charge in [0.1, 0.15) is 7.05 Å². The molecule has 0 bridgehead atoms. The first-order chi connectivity index (χ1) is 17.0. The maximum absolute atomic E-state index is 13.4. The summed E-state index contributed by atoms with van der Waals surface area (Å²) in [7, 11) is 3.90. The predicted octanol–water partition coefficient (Wildman–Crippen LogP) is 3.18. The summed E-state index contributed by atoms with van der Waals surface area (Å²) in [6, 6.07) is 3.96. The number of ether oxygens (including phenoxy) is 3. The van der Waals surface area contributed by atoms with E-state index in [2.05, 4.69) is 20.8 Å². The van der Waals surface area contributed by atoms with E-state index in [4.69, 9.17) is 43.1 Å². The quantitative estimate of drug-likeness (QED) is 0.398. The van der Waals surface area contributed by atoms with E-state index in [0.29, 0.717) is 11.3 Å². The summed E-state index contributed by atoms with van der Waals surface area (Å²) in [5.74, 6) is -2.58. The van der Waals surface area contributed by atoms with Crippen molar-refractivity contribution in [3.63, 3.8) is 0 Å². The molecule has 12 nitrogen and oxygen atoms in total. The number of nitrogens with zero attached hydrogens (tertiary/aromatic N) is 4. The van der Waals surface area contributed by atoms with Gasteiger partial charge in [0.25, 0.3) is 0 Å². The number of benzene rings is 1. The Morgan fingerprint density at radius 3 is 2.44 bits per heavy atom. The van der Waals surface area contributed by atoms with Crippen molar-refractivity contribution < 1.29 is 33.3 Å².